The van der Waals surface area contributed by atoms with E-state index in [9.17, 15) is 0 Å². The zero-order valence-electron chi connectivity index (χ0n) is 8.12. The molecule has 0 aliphatic carbocycles. The van der Waals surface area contributed by atoms with Crippen LogP contribution < -0.4 is 0 Å². The van der Waals surface area contributed by atoms with Crippen molar-refractivity contribution < 1.29 is 0 Å². The van der Waals surface area contributed by atoms with Crippen molar-refractivity contribution in [1.29, 1.82) is 0 Å². The van der Waals surface area contributed by atoms with Crippen molar-refractivity contribution in [3.8, 4) is 0 Å². The molecule has 0 aliphatic rings. The number of thioether (sulfide) groups is 1. The number of hydrogen-bond donors (Lipinski definition) is 0. The average Bonchev–Trinajstić information content (AvgIpc) is 2.44. The van der Waals surface area contributed by atoms with Gasteiger partial charge in [0.15, 0.2) is 4.73 Å². The molecule has 0 spiro atoms. The van der Waals surface area contributed by atoms with Crippen molar-refractivity contribution in [2.45, 2.75) is 12.7 Å². The second-order valence-electron chi connectivity index (χ2n) is 3.22. The molecule has 2 nitrogen and oxygen atoms in total. The first kappa shape index (κ1) is 10.1. The number of aromatic nitrogens is 2. The highest BCUT2D eigenvalue weighted by molar-refractivity contribution is 9.10. The van der Waals surface area contributed by atoms with Crippen molar-refractivity contribution in [3.05, 3.63) is 34.3 Å². The van der Waals surface area contributed by atoms with Gasteiger partial charge in [0.05, 0.1) is 11.2 Å². The third-order valence-electron chi connectivity index (χ3n) is 2.11. The third-order valence-corrected chi connectivity index (χ3v) is 3.23. The lowest BCUT2D eigenvalue weighted by molar-refractivity contribution is 1.09. The highest BCUT2D eigenvalue weighted by Crippen LogP contribution is 2.21. The van der Waals surface area contributed by atoms with Gasteiger partial charge in [-0.1, -0.05) is 0 Å². The molecule has 14 heavy (non-hydrogen) atoms. The van der Waals surface area contributed by atoms with Crippen LogP contribution >= 0.6 is 27.7 Å². The van der Waals surface area contributed by atoms with Crippen LogP contribution in [0.2, 0.25) is 0 Å². The largest absolute Gasteiger partial charge is 0.294 e. The van der Waals surface area contributed by atoms with Crippen LogP contribution in [0.3, 0.4) is 0 Å². The fourth-order valence-electron chi connectivity index (χ4n) is 1.45. The van der Waals surface area contributed by atoms with Gasteiger partial charge in [0.25, 0.3) is 0 Å². The molecule has 0 unspecified atom stereocenters. The smallest absolute Gasteiger partial charge is 0.182 e. The summed E-state index contributed by atoms with van der Waals surface area (Å²) >= 11 is 5.25. The first-order valence-electron chi connectivity index (χ1n) is 4.34. The number of fused-ring (bicyclic) bond motifs is 1. The molecule has 0 amide bonds. The zero-order chi connectivity index (χ0) is 10.1. The molecule has 4 heteroatoms. The van der Waals surface area contributed by atoms with Gasteiger partial charge < -0.3 is 0 Å². The first-order chi connectivity index (χ1) is 6.72. The lowest BCUT2D eigenvalue weighted by Crippen LogP contribution is -1.85. The van der Waals surface area contributed by atoms with Crippen LogP contribution in [0.1, 0.15) is 11.3 Å². The minimum absolute atomic E-state index is 0.886. The maximum absolute atomic E-state index is 4.48. The molecule has 0 fully saturated rings. The number of aryl methyl sites for hydroxylation is 1. The van der Waals surface area contributed by atoms with Gasteiger partial charge in [-0.3, -0.25) is 4.40 Å². The number of halogens is 1. The maximum Gasteiger partial charge on any atom is 0.182 e. The van der Waals surface area contributed by atoms with Gasteiger partial charge in [-0.2, -0.15) is 11.8 Å². The van der Waals surface area contributed by atoms with Crippen LogP contribution in [0, 0.1) is 6.92 Å². The molecule has 0 saturated carbocycles. The van der Waals surface area contributed by atoms with Crippen LogP contribution in [-0.2, 0) is 5.75 Å². The van der Waals surface area contributed by atoms with Crippen molar-refractivity contribution in [1.82, 2.24) is 9.38 Å². The second-order valence-corrected chi connectivity index (χ2v) is 4.80. The van der Waals surface area contributed by atoms with Gasteiger partial charge in [0, 0.05) is 11.9 Å². The molecular weight excluding hydrogens is 260 g/mol. The standard InChI is InChI=1S/C10H11BrN2S/c1-7-3-4-13-9(5-7)8(6-14-2)12-10(13)11/h3-5H,6H2,1-2H3. The van der Waals surface area contributed by atoms with Gasteiger partial charge in [0.1, 0.15) is 0 Å². The topological polar surface area (TPSA) is 17.3 Å². The number of pyridine rings is 1. The second kappa shape index (κ2) is 3.95. The Morgan fingerprint density at radius 1 is 1.57 bits per heavy atom. The molecule has 74 valence electrons. The Labute approximate surface area is 95.9 Å². The van der Waals surface area contributed by atoms with Gasteiger partial charge in [-0.15, -0.1) is 0 Å². The molecule has 2 aromatic rings. The van der Waals surface area contributed by atoms with E-state index in [-0.39, 0.29) is 0 Å². The molecule has 0 N–H and O–H groups in total. The summed E-state index contributed by atoms with van der Waals surface area (Å²) in [4.78, 5) is 4.48. The SMILES string of the molecule is CSCc1nc(Br)n2ccc(C)cc12. The molecule has 2 aromatic heterocycles. The molecule has 0 atom stereocenters. The Bertz CT molecular complexity index is 464. The van der Waals surface area contributed by atoms with Crippen molar-refractivity contribution in [2.75, 3.05) is 6.26 Å². The number of nitrogens with zero attached hydrogens (tertiary/aromatic N) is 2. The Hall–Kier alpha value is -0.480. The van der Waals surface area contributed by atoms with Crippen LogP contribution in [0.15, 0.2) is 23.1 Å². The van der Waals surface area contributed by atoms with Crippen LogP contribution in [0.25, 0.3) is 5.52 Å². The summed E-state index contributed by atoms with van der Waals surface area (Å²) < 4.78 is 2.95. The van der Waals surface area contributed by atoms with Gasteiger partial charge in [-0.25, -0.2) is 4.98 Å². The Balaban J connectivity index is 2.66. The van der Waals surface area contributed by atoms with Crippen molar-refractivity contribution in [3.63, 3.8) is 0 Å². The molecule has 0 bridgehead atoms. The maximum atomic E-state index is 4.48. The van der Waals surface area contributed by atoms with Crippen LogP contribution in [0.5, 0.6) is 0 Å². The predicted octanol–water partition coefficient (Wildman–Crippen LogP) is 3.27. The number of rotatable bonds is 2. The fourth-order valence-corrected chi connectivity index (χ4v) is 2.46. The first-order valence-corrected chi connectivity index (χ1v) is 6.53. The highest BCUT2D eigenvalue weighted by atomic mass is 79.9. The van der Waals surface area contributed by atoms with E-state index in [2.05, 4.69) is 50.6 Å². The Morgan fingerprint density at radius 3 is 3.07 bits per heavy atom. The lowest BCUT2D eigenvalue weighted by atomic mass is 10.2. The van der Waals surface area contributed by atoms with E-state index in [0.29, 0.717) is 0 Å². The van der Waals surface area contributed by atoms with E-state index < -0.39 is 0 Å². The van der Waals surface area contributed by atoms with E-state index in [1.807, 2.05) is 6.20 Å². The summed E-state index contributed by atoms with van der Waals surface area (Å²) in [6.45, 7) is 2.10. The molecule has 2 heterocycles. The lowest BCUT2D eigenvalue weighted by Gasteiger charge is -1.98. The zero-order valence-corrected chi connectivity index (χ0v) is 10.5. The summed E-state index contributed by atoms with van der Waals surface area (Å²) in [5, 5.41) is 0. The van der Waals surface area contributed by atoms with E-state index in [1.54, 1.807) is 11.8 Å². The third kappa shape index (κ3) is 1.68. The van der Waals surface area contributed by atoms with E-state index in [4.69, 9.17) is 0 Å². The van der Waals surface area contributed by atoms with Crippen molar-refractivity contribution in [2.24, 2.45) is 0 Å². The van der Waals surface area contributed by atoms with Crippen LogP contribution in [0.4, 0.5) is 0 Å². The minimum atomic E-state index is 0.886. The summed E-state index contributed by atoms with van der Waals surface area (Å²) in [7, 11) is 0. The molecule has 2 rings (SSSR count). The van der Waals surface area contributed by atoms with E-state index >= 15 is 0 Å². The molecule has 0 radical (unpaired) electrons. The summed E-state index contributed by atoms with van der Waals surface area (Å²) in [5.41, 5.74) is 3.62. The van der Waals surface area contributed by atoms with Gasteiger partial charge in [0.2, 0.25) is 0 Å². The predicted molar refractivity (Wildman–Crippen MR) is 64.8 cm³/mol. The summed E-state index contributed by atoms with van der Waals surface area (Å²) in [6.07, 6.45) is 4.14. The Morgan fingerprint density at radius 2 is 2.36 bits per heavy atom. The summed E-state index contributed by atoms with van der Waals surface area (Å²) in [6, 6.07) is 4.26. The number of imidazole rings is 1. The van der Waals surface area contributed by atoms with Crippen LogP contribution in [-0.4, -0.2) is 15.6 Å². The summed E-state index contributed by atoms with van der Waals surface area (Å²) in [5.74, 6) is 0.957. The van der Waals surface area contributed by atoms with E-state index in [0.717, 1.165) is 16.2 Å². The average molecular weight is 271 g/mol. The number of hydrogen-bond acceptors (Lipinski definition) is 2. The quantitative estimate of drug-likeness (QED) is 0.834. The van der Waals surface area contributed by atoms with Crippen molar-refractivity contribution >= 4 is 33.2 Å². The molecular formula is C10H11BrN2S. The molecule has 0 aliphatic heterocycles. The van der Waals surface area contributed by atoms with Gasteiger partial charge in [-0.05, 0) is 46.8 Å². The molecule has 0 aromatic carbocycles. The fraction of sp³-hybridized carbons (Fsp3) is 0.300. The normalized spacial score (nSPS) is 11.1. The van der Waals surface area contributed by atoms with Gasteiger partial charge >= 0.3 is 0 Å². The Kier molecular flexibility index (Phi) is 2.83. The monoisotopic (exact) mass is 270 g/mol. The van der Waals surface area contributed by atoms with E-state index in [1.165, 1.54) is 11.1 Å². The molecule has 0 saturated heterocycles. The highest BCUT2D eigenvalue weighted by Gasteiger charge is 2.07. The minimum Gasteiger partial charge on any atom is -0.294 e.